The van der Waals surface area contributed by atoms with Gasteiger partial charge in [-0.05, 0) is 35.0 Å². The van der Waals surface area contributed by atoms with Gasteiger partial charge < -0.3 is 5.73 Å². The highest BCUT2D eigenvalue weighted by molar-refractivity contribution is 9.10. The Hall–Kier alpha value is -0.480. The third-order valence-corrected chi connectivity index (χ3v) is 2.15. The molecule has 1 rings (SSSR count). The molecular formula is C8H8BrF2N. The highest BCUT2D eigenvalue weighted by Crippen LogP contribution is 2.25. The summed E-state index contributed by atoms with van der Waals surface area (Å²) in [5.74, 6) is -1.23. The van der Waals surface area contributed by atoms with Gasteiger partial charge in [0.25, 0.3) is 0 Å². The summed E-state index contributed by atoms with van der Waals surface area (Å²) >= 11 is 2.95. The van der Waals surface area contributed by atoms with Crippen LogP contribution in [0.4, 0.5) is 8.78 Å². The Kier molecular flexibility index (Phi) is 2.80. The highest BCUT2D eigenvalue weighted by Gasteiger charge is 2.14. The molecule has 0 saturated heterocycles. The summed E-state index contributed by atoms with van der Waals surface area (Å²) in [7, 11) is 0. The summed E-state index contributed by atoms with van der Waals surface area (Å²) in [6, 6.07) is 1.87. The number of halogens is 3. The number of nitrogens with two attached hydrogens (primary N) is 1. The lowest BCUT2D eigenvalue weighted by Crippen LogP contribution is -2.10. The van der Waals surface area contributed by atoms with Gasteiger partial charge in [-0.1, -0.05) is 0 Å². The summed E-state index contributed by atoms with van der Waals surface area (Å²) in [4.78, 5) is 0. The maximum atomic E-state index is 13.1. The number of hydrogen-bond acceptors (Lipinski definition) is 1. The molecule has 0 unspecified atom stereocenters. The maximum absolute atomic E-state index is 13.1. The Labute approximate surface area is 77.7 Å². The molecule has 0 fully saturated rings. The standard InChI is InChI=1S/C8H8BrF2N/c1-4(12)7-6(10)3-2-5(9)8(7)11/h2-4H,12H2,1H3/t4-/m0/s1. The molecule has 0 amide bonds. The van der Waals surface area contributed by atoms with Gasteiger partial charge in [0.1, 0.15) is 11.6 Å². The molecule has 0 aromatic heterocycles. The first-order valence-electron chi connectivity index (χ1n) is 3.43. The van der Waals surface area contributed by atoms with E-state index in [4.69, 9.17) is 5.73 Å². The van der Waals surface area contributed by atoms with Crippen LogP contribution >= 0.6 is 15.9 Å². The topological polar surface area (TPSA) is 26.0 Å². The zero-order chi connectivity index (χ0) is 9.30. The molecule has 0 heterocycles. The average molecular weight is 236 g/mol. The van der Waals surface area contributed by atoms with Crippen molar-refractivity contribution in [2.45, 2.75) is 13.0 Å². The zero-order valence-electron chi connectivity index (χ0n) is 6.44. The molecule has 4 heteroatoms. The first kappa shape index (κ1) is 9.61. The summed E-state index contributed by atoms with van der Waals surface area (Å²) in [5, 5.41) is 0. The second-order valence-corrected chi connectivity index (χ2v) is 3.40. The van der Waals surface area contributed by atoms with Crippen molar-refractivity contribution >= 4 is 15.9 Å². The summed E-state index contributed by atoms with van der Waals surface area (Å²) in [5.41, 5.74) is 5.30. The van der Waals surface area contributed by atoms with Gasteiger partial charge in [0.15, 0.2) is 0 Å². The molecule has 12 heavy (non-hydrogen) atoms. The molecule has 0 aliphatic carbocycles. The fourth-order valence-corrected chi connectivity index (χ4v) is 1.31. The van der Waals surface area contributed by atoms with Crippen LogP contribution in [0, 0.1) is 11.6 Å². The second kappa shape index (κ2) is 3.49. The molecule has 1 atom stereocenters. The van der Waals surface area contributed by atoms with E-state index in [-0.39, 0.29) is 10.0 Å². The fourth-order valence-electron chi connectivity index (χ4n) is 0.960. The summed E-state index contributed by atoms with van der Waals surface area (Å²) in [6.07, 6.45) is 0. The molecule has 0 aliphatic heterocycles. The van der Waals surface area contributed by atoms with Crippen molar-refractivity contribution in [1.29, 1.82) is 0 Å². The van der Waals surface area contributed by atoms with E-state index in [1.165, 1.54) is 19.1 Å². The molecule has 0 radical (unpaired) electrons. The van der Waals surface area contributed by atoms with Crippen molar-refractivity contribution in [3.05, 3.63) is 33.8 Å². The van der Waals surface area contributed by atoms with Crippen molar-refractivity contribution in [3.63, 3.8) is 0 Å². The summed E-state index contributed by atoms with van der Waals surface area (Å²) in [6.45, 7) is 1.54. The molecule has 1 aromatic carbocycles. The Bertz CT molecular complexity index is 299. The largest absolute Gasteiger partial charge is 0.324 e. The molecule has 1 aromatic rings. The molecule has 0 bridgehead atoms. The van der Waals surface area contributed by atoms with E-state index < -0.39 is 17.7 Å². The van der Waals surface area contributed by atoms with Crippen LogP contribution in [-0.2, 0) is 0 Å². The third-order valence-electron chi connectivity index (χ3n) is 1.53. The minimum absolute atomic E-state index is 0.0793. The number of benzene rings is 1. The smallest absolute Gasteiger partial charge is 0.145 e. The van der Waals surface area contributed by atoms with E-state index in [0.29, 0.717) is 0 Å². The van der Waals surface area contributed by atoms with Gasteiger partial charge in [0.2, 0.25) is 0 Å². The molecule has 0 aliphatic rings. The van der Waals surface area contributed by atoms with Gasteiger partial charge >= 0.3 is 0 Å². The maximum Gasteiger partial charge on any atom is 0.145 e. The van der Waals surface area contributed by atoms with Crippen molar-refractivity contribution < 1.29 is 8.78 Å². The molecule has 0 spiro atoms. The quantitative estimate of drug-likeness (QED) is 0.745. The van der Waals surface area contributed by atoms with E-state index in [0.717, 1.165) is 0 Å². The molecule has 1 nitrogen and oxygen atoms in total. The Morgan fingerprint density at radius 2 is 2.00 bits per heavy atom. The average Bonchev–Trinajstić information content (AvgIpc) is 1.97. The van der Waals surface area contributed by atoms with Crippen molar-refractivity contribution in [1.82, 2.24) is 0 Å². The minimum atomic E-state index is -0.637. The van der Waals surface area contributed by atoms with Gasteiger partial charge in [-0.3, -0.25) is 0 Å². The van der Waals surface area contributed by atoms with Gasteiger partial charge in [-0.15, -0.1) is 0 Å². The van der Waals surface area contributed by atoms with Gasteiger partial charge in [0, 0.05) is 11.6 Å². The minimum Gasteiger partial charge on any atom is -0.324 e. The van der Waals surface area contributed by atoms with Crippen LogP contribution in [0.25, 0.3) is 0 Å². The lowest BCUT2D eigenvalue weighted by molar-refractivity contribution is 0.533. The third kappa shape index (κ3) is 1.64. The van der Waals surface area contributed by atoms with Crippen LogP contribution in [0.15, 0.2) is 16.6 Å². The van der Waals surface area contributed by atoms with Crippen molar-refractivity contribution in [2.24, 2.45) is 5.73 Å². The van der Waals surface area contributed by atoms with Crippen molar-refractivity contribution in [2.75, 3.05) is 0 Å². The van der Waals surface area contributed by atoms with E-state index in [1.807, 2.05) is 0 Å². The Balaban J connectivity index is 3.33. The number of hydrogen-bond donors (Lipinski definition) is 1. The van der Waals surface area contributed by atoms with Gasteiger partial charge in [-0.2, -0.15) is 0 Å². The van der Waals surface area contributed by atoms with Gasteiger partial charge in [-0.25, -0.2) is 8.78 Å². The second-order valence-electron chi connectivity index (χ2n) is 2.55. The first-order chi connectivity index (χ1) is 5.54. The van der Waals surface area contributed by atoms with Crippen LogP contribution in [0.3, 0.4) is 0 Å². The SMILES string of the molecule is C[C@H](N)c1c(F)ccc(Br)c1F. The van der Waals surface area contributed by atoms with Gasteiger partial charge in [0.05, 0.1) is 4.47 Å². The predicted octanol–water partition coefficient (Wildman–Crippen LogP) is 2.75. The normalized spacial score (nSPS) is 13.1. The molecule has 0 saturated carbocycles. The molecule has 2 N–H and O–H groups in total. The van der Waals surface area contributed by atoms with E-state index in [2.05, 4.69) is 15.9 Å². The fraction of sp³-hybridized carbons (Fsp3) is 0.250. The monoisotopic (exact) mass is 235 g/mol. The van der Waals surface area contributed by atoms with Crippen LogP contribution in [0.2, 0.25) is 0 Å². The molecular weight excluding hydrogens is 228 g/mol. The lowest BCUT2D eigenvalue weighted by atomic mass is 10.1. The van der Waals surface area contributed by atoms with Crippen LogP contribution in [0.5, 0.6) is 0 Å². The Morgan fingerprint density at radius 3 is 2.42 bits per heavy atom. The predicted molar refractivity (Wildman–Crippen MR) is 46.7 cm³/mol. The van der Waals surface area contributed by atoms with E-state index in [1.54, 1.807) is 0 Å². The van der Waals surface area contributed by atoms with Crippen LogP contribution in [-0.4, -0.2) is 0 Å². The zero-order valence-corrected chi connectivity index (χ0v) is 8.03. The number of rotatable bonds is 1. The van der Waals surface area contributed by atoms with E-state index >= 15 is 0 Å². The molecule has 66 valence electrons. The lowest BCUT2D eigenvalue weighted by Gasteiger charge is -2.08. The summed E-state index contributed by atoms with van der Waals surface area (Å²) < 4.78 is 26.3. The van der Waals surface area contributed by atoms with Crippen molar-refractivity contribution in [3.8, 4) is 0 Å². The Morgan fingerprint density at radius 1 is 1.42 bits per heavy atom. The highest BCUT2D eigenvalue weighted by atomic mass is 79.9. The first-order valence-corrected chi connectivity index (χ1v) is 4.22. The van der Waals surface area contributed by atoms with Crippen LogP contribution < -0.4 is 5.73 Å². The van der Waals surface area contributed by atoms with E-state index in [9.17, 15) is 8.78 Å². The van der Waals surface area contributed by atoms with Crippen LogP contribution in [0.1, 0.15) is 18.5 Å².